The largest absolute Gasteiger partial charge is 0.491 e. The molecular weight excluding hydrogens is 430 g/mol. The molecule has 1 saturated carbocycles. The molecule has 0 atom stereocenters. The maximum atomic E-state index is 6.18. The summed E-state index contributed by atoms with van der Waals surface area (Å²) in [6.45, 7) is 3.29. The number of hydrazine groups is 1. The molecule has 6 nitrogen and oxygen atoms in total. The van der Waals surface area contributed by atoms with Crippen molar-refractivity contribution in [3.63, 3.8) is 0 Å². The summed E-state index contributed by atoms with van der Waals surface area (Å²) < 4.78 is 6.18. The van der Waals surface area contributed by atoms with Gasteiger partial charge >= 0.3 is 0 Å². The topological polar surface area (TPSA) is 93.2 Å². The number of thioether (sulfide) groups is 1. The first-order valence-electron chi connectivity index (χ1n) is 11.3. The van der Waals surface area contributed by atoms with Crippen LogP contribution in [-0.4, -0.2) is 33.4 Å². The number of hydrogen-bond acceptors (Lipinski definition) is 6. The van der Waals surface area contributed by atoms with E-state index in [9.17, 15) is 0 Å². The van der Waals surface area contributed by atoms with Crippen molar-refractivity contribution in [1.29, 1.82) is 0 Å². The minimum absolute atomic E-state index is 0.551. The van der Waals surface area contributed by atoms with Crippen LogP contribution in [0.4, 0.5) is 0 Å². The number of aromatic nitrogens is 2. The van der Waals surface area contributed by atoms with Crippen molar-refractivity contribution in [2.75, 3.05) is 13.2 Å². The Labute approximate surface area is 198 Å². The van der Waals surface area contributed by atoms with Crippen LogP contribution >= 0.6 is 11.8 Å². The van der Waals surface area contributed by atoms with Gasteiger partial charge in [-0.05, 0) is 66.8 Å². The van der Waals surface area contributed by atoms with Gasteiger partial charge in [0.2, 0.25) is 0 Å². The zero-order valence-electron chi connectivity index (χ0n) is 18.8. The summed E-state index contributed by atoms with van der Waals surface area (Å²) in [4.78, 5) is 9.48. The highest BCUT2D eigenvalue weighted by atomic mass is 32.2. The molecule has 4 aromatic rings. The third-order valence-electron chi connectivity index (χ3n) is 5.77. The first kappa shape index (κ1) is 21.7. The summed E-state index contributed by atoms with van der Waals surface area (Å²) in [7, 11) is 0. The molecule has 0 saturated heterocycles. The molecule has 5 rings (SSSR count). The van der Waals surface area contributed by atoms with E-state index in [1.807, 2.05) is 18.0 Å². The summed E-state index contributed by atoms with van der Waals surface area (Å²) in [5.41, 5.74) is 10.8. The fourth-order valence-corrected chi connectivity index (χ4v) is 5.16. The van der Waals surface area contributed by atoms with Gasteiger partial charge in [0.1, 0.15) is 11.4 Å². The van der Waals surface area contributed by atoms with Crippen LogP contribution < -0.4 is 16.3 Å². The number of H-pyrrole nitrogens is 1. The van der Waals surface area contributed by atoms with Crippen molar-refractivity contribution >= 4 is 33.7 Å². The Balaban J connectivity index is 1.51. The van der Waals surface area contributed by atoms with E-state index in [-0.39, 0.29) is 0 Å². The minimum atomic E-state index is 0.551. The zero-order chi connectivity index (χ0) is 22.8. The van der Waals surface area contributed by atoms with Crippen LogP contribution in [0.2, 0.25) is 0 Å². The first-order valence-corrected chi connectivity index (χ1v) is 12.2. The number of fused-ring (bicyclic) bond motifs is 3. The van der Waals surface area contributed by atoms with Crippen LogP contribution in [0.15, 0.2) is 66.0 Å². The number of hydrogen-bond donors (Lipinski definition) is 3. The Bertz CT molecular complexity index is 1310. The number of aromatic amines is 1. The van der Waals surface area contributed by atoms with E-state index in [1.54, 1.807) is 11.2 Å². The molecule has 2 aromatic heterocycles. The van der Waals surface area contributed by atoms with Crippen molar-refractivity contribution in [2.24, 2.45) is 11.6 Å². The highest BCUT2D eigenvalue weighted by Gasteiger charge is 2.23. The Morgan fingerprint density at radius 2 is 2.12 bits per heavy atom. The fourth-order valence-electron chi connectivity index (χ4n) is 4.06. The van der Waals surface area contributed by atoms with Crippen LogP contribution in [0.1, 0.15) is 24.8 Å². The van der Waals surface area contributed by atoms with Gasteiger partial charge in [-0.2, -0.15) is 0 Å². The molecule has 2 aromatic carbocycles. The Kier molecular flexibility index (Phi) is 6.15. The smallest absolute Gasteiger partial charge is 0.143 e. The third kappa shape index (κ3) is 4.79. The number of pyridine rings is 1. The lowest BCUT2D eigenvalue weighted by molar-refractivity contribution is 0.281. The second-order valence-corrected chi connectivity index (χ2v) is 9.90. The number of benzene rings is 2. The first-order chi connectivity index (χ1) is 16.1. The average molecular weight is 460 g/mol. The van der Waals surface area contributed by atoms with Gasteiger partial charge < -0.3 is 20.5 Å². The van der Waals surface area contributed by atoms with E-state index in [1.165, 1.54) is 35.1 Å². The van der Waals surface area contributed by atoms with E-state index in [0.29, 0.717) is 13.2 Å². The molecule has 33 heavy (non-hydrogen) atoms. The molecule has 0 unspecified atom stereocenters. The molecule has 0 amide bonds. The maximum absolute atomic E-state index is 6.18. The van der Waals surface area contributed by atoms with Gasteiger partial charge in [0.05, 0.1) is 12.1 Å². The van der Waals surface area contributed by atoms with Crippen LogP contribution in [-0.2, 0) is 0 Å². The third-order valence-corrected chi connectivity index (χ3v) is 7.10. The second-order valence-electron chi connectivity index (χ2n) is 8.52. The summed E-state index contributed by atoms with van der Waals surface area (Å²) in [5, 5.41) is 4.61. The van der Waals surface area contributed by atoms with E-state index < -0.39 is 0 Å². The molecule has 0 bridgehead atoms. The van der Waals surface area contributed by atoms with Crippen LogP contribution in [0.3, 0.4) is 0 Å². The number of aryl methyl sites for hydroxylation is 1. The van der Waals surface area contributed by atoms with Gasteiger partial charge in [-0.3, -0.25) is 0 Å². The number of ether oxygens (including phenoxy) is 1. The number of nitrogens with zero attached hydrogens (tertiary/aromatic N) is 2. The Morgan fingerprint density at radius 3 is 2.94 bits per heavy atom. The van der Waals surface area contributed by atoms with Crippen molar-refractivity contribution in [1.82, 2.24) is 15.0 Å². The van der Waals surface area contributed by atoms with Gasteiger partial charge in [-0.15, -0.1) is 11.8 Å². The molecule has 2 heterocycles. The van der Waals surface area contributed by atoms with E-state index in [0.717, 1.165) is 44.9 Å². The van der Waals surface area contributed by atoms with E-state index in [2.05, 4.69) is 59.4 Å². The number of nitrogens with two attached hydrogens (primary N) is 2. The summed E-state index contributed by atoms with van der Waals surface area (Å²) in [6, 6.07) is 15.3. The maximum Gasteiger partial charge on any atom is 0.143 e. The van der Waals surface area contributed by atoms with Crippen LogP contribution in [0.5, 0.6) is 5.75 Å². The van der Waals surface area contributed by atoms with Crippen molar-refractivity contribution in [3.05, 3.63) is 66.6 Å². The predicted molar refractivity (Wildman–Crippen MR) is 137 cm³/mol. The molecular formula is C26H29N5OS. The van der Waals surface area contributed by atoms with E-state index in [4.69, 9.17) is 16.3 Å². The lowest BCUT2D eigenvalue weighted by Gasteiger charge is -2.14. The van der Waals surface area contributed by atoms with Crippen molar-refractivity contribution in [2.45, 2.75) is 36.3 Å². The van der Waals surface area contributed by atoms with Gasteiger partial charge in [-0.1, -0.05) is 12.1 Å². The van der Waals surface area contributed by atoms with Crippen LogP contribution in [0.25, 0.3) is 33.1 Å². The molecule has 1 aliphatic rings. The monoisotopic (exact) mass is 459 g/mol. The second kappa shape index (κ2) is 9.37. The molecule has 0 radical (unpaired) electrons. The Morgan fingerprint density at radius 1 is 1.24 bits per heavy atom. The molecule has 0 aliphatic heterocycles. The van der Waals surface area contributed by atoms with Crippen molar-refractivity contribution in [3.8, 4) is 16.9 Å². The van der Waals surface area contributed by atoms with Gasteiger partial charge in [-0.25, -0.2) is 10.8 Å². The van der Waals surface area contributed by atoms with Gasteiger partial charge in [0.15, 0.2) is 0 Å². The van der Waals surface area contributed by atoms with Crippen molar-refractivity contribution < 1.29 is 4.74 Å². The minimum Gasteiger partial charge on any atom is -0.491 e. The molecule has 1 aliphatic carbocycles. The predicted octanol–water partition coefficient (Wildman–Crippen LogP) is 5.32. The molecule has 0 spiro atoms. The van der Waals surface area contributed by atoms with Gasteiger partial charge in [0.25, 0.3) is 0 Å². The molecule has 170 valence electrons. The highest BCUT2D eigenvalue weighted by Crippen LogP contribution is 2.42. The normalized spacial score (nSPS) is 13.9. The van der Waals surface area contributed by atoms with Gasteiger partial charge in [0, 0.05) is 52.5 Å². The summed E-state index contributed by atoms with van der Waals surface area (Å²) in [6.07, 6.45) is 8.40. The average Bonchev–Trinajstić information content (AvgIpc) is 3.54. The standard InChI is InChI=1S/C26H29N5OS/c1-17-14-22-24-21(18-4-2-5-20(15-18)33-19-6-7-19)8-9-23(25(24)30-26(22)29-16-17)32-13-3-11-31(28)12-10-27/h2,4-5,8-10,12,14-16,19H,3,6-7,11,13,27-28H2,1H3,(H,29,30)/b12-10-. The highest BCUT2D eigenvalue weighted by molar-refractivity contribution is 8.00. The Hall–Kier alpha value is -3.16. The summed E-state index contributed by atoms with van der Waals surface area (Å²) in [5.74, 6) is 6.67. The lowest BCUT2D eigenvalue weighted by Crippen LogP contribution is -2.27. The van der Waals surface area contributed by atoms with Crippen LogP contribution in [0, 0.1) is 6.92 Å². The number of rotatable bonds is 9. The lowest BCUT2D eigenvalue weighted by atomic mass is 9.99. The molecule has 1 fully saturated rings. The SMILES string of the molecule is Cc1cnc2[nH]c3c(OCCCN(N)/C=C\N)ccc(-c4cccc(SC5CC5)c4)c3c2c1. The molecule has 7 heteroatoms. The summed E-state index contributed by atoms with van der Waals surface area (Å²) >= 11 is 1.98. The fraction of sp³-hybridized carbons (Fsp3) is 0.269. The zero-order valence-corrected chi connectivity index (χ0v) is 19.6. The number of nitrogens with one attached hydrogen (secondary N) is 1. The van der Waals surface area contributed by atoms with E-state index >= 15 is 0 Å². The quantitative estimate of drug-likeness (QED) is 0.178. The molecule has 5 N–H and O–H groups in total.